The Bertz CT molecular complexity index is 136. The summed E-state index contributed by atoms with van der Waals surface area (Å²) in [5, 5.41) is 0. The number of hydrogen-bond donors (Lipinski definition) is 1. The van der Waals surface area contributed by atoms with Crippen LogP contribution >= 0.6 is 0 Å². The second-order valence-corrected chi connectivity index (χ2v) is 3.19. The summed E-state index contributed by atoms with van der Waals surface area (Å²) in [5.74, 6) is 0.159. The molecule has 12 heavy (non-hydrogen) atoms. The highest BCUT2D eigenvalue weighted by Crippen LogP contribution is 1.98. The Morgan fingerprint density at radius 1 is 1.50 bits per heavy atom. The van der Waals surface area contributed by atoms with Gasteiger partial charge in [0, 0.05) is 26.1 Å². The minimum atomic E-state index is 0.0248. The molecule has 0 fully saturated rings. The van der Waals surface area contributed by atoms with Crippen LogP contribution in [0.3, 0.4) is 0 Å². The van der Waals surface area contributed by atoms with Gasteiger partial charge in [0.15, 0.2) is 0 Å². The van der Waals surface area contributed by atoms with E-state index in [0.29, 0.717) is 6.42 Å². The van der Waals surface area contributed by atoms with Crippen LogP contribution in [0.4, 0.5) is 0 Å². The summed E-state index contributed by atoms with van der Waals surface area (Å²) in [6, 6.07) is 0.0248. The predicted octanol–water partition coefficient (Wildman–Crippen LogP) is 0.982. The number of nitrogens with zero attached hydrogens (tertiary/aromatic N) is 1. The van der Waals surface area contributed by atoms with Crippen molar-refractivity contribution in [2.45, 2.75) is 39.2 Å². The van der Waals surface area contributed by atoms with Gasteiger partial charge in [-0.15, -0.1) is 0 Å². The molecule has 3 heteroatoms. The van der Waals surface area contributed by atoms with Crippen molar-refractivity contribution in [2.75, 3.05) is 13.6 Å². The maximum absolute atomic E-state index is 11.3. The second-order valence-electron chi connectivity index (χ2n) is 3.19. The molecule has 2 N–H and O–H groups in total. The fourth-order valence-electron chi connectivity index (χ4n) is 0.985. The minimum Gasteiger partial charge on any atom is -0.346 e. The lowest BCUT2D eigenvalue weighted by atomic mass is 10.1. The van der Waals surface area contributed by atoms with Crippen molar-refractivity contribution in [1.29, 1.82) is 0 Å². The smallest absolute Gasteiger partial charge is 0.223 e. The summed E-state index contributed by atoms with van der Waals surface area (Å²) in [4.78, 5) is 13.1. The summed E-state index contributed by atoms with van der Waals surface area (Å²) in [6.07, 6.45) is 2.35. The monoisotopic (exact) mass is 172 g/mol. The Morgan fingerprint density at radius 2 is 2.08 bits per heavy atom. The van der Waals surface area contributed by atoms with E-state index in [2.05, 4.69) is 6.92 Å². The maximum atomic E-state index is 11.3. The van der Waals surface area contributed by atoms with Gasteiger partial charge in [-0.1, -0.05) is 13.8 Å². The molecule has 0 aromatic rings. The molecule has 1 amide bonds. The van der Waals surface area contributed by atoms with Crippen LogP contribution in [0.25, 0.3) is 0 Å². The van der Waals surface area contributed by atoms with Crippen molar-refractivity contribution in [2.24, 2.45) is 5.73 Å². The normalized spacial score (nSPS) is 12.7. The SMILES string of the molecule is CCCN(C)C(=O)CC(N)CC. The van der Waals surface area contributed by atoms with E-state index in [1.165, 1.54) is 0 Å². The zero-order valence-corrected chi connectivity index (χ0v) is 8.34. The highest BCUT2D eigenvalue weighted by Gasteiger charge is 2.10. The summed E-state index contributed by atoms with van der Waals surface area (Å²) in [7, 11) is 1.83. The van der Waals surface area contributed by atoms with Crippen LogP contribution in [0.2, 0.25) is 0 Å². The zero-order chi connectivity index (χ0) is 9.56. The van der Waals surface area contributed by atoms with Crippen molar-refractivity contribution in [3.05, 3.63) is 0 Å². The molecular formula is C9H20N2O. The maximum Gasteiger partial charge on any atom is 0.223 e. The summed E-state index contributed by atoms with van der Waals surface area (Å²) in [6.45, 7) is 4.89. The van der Waals surface area contributed by atoms with Crippen LogP contribution in [0.1, 0.15) is 33.1 Å². The van der Waals surface area contributed by atoms with E-state index in [1.54, 1.807) is 4.90 Å². The van der Waals surface area contributed by atoms with Crippen LogP contribution in [0.5, 0.6) is 0 Å². The Kier molecular flexibility index (Phi) is 5.72. The zero-order valence-electron chi connectivity index (χ0n) is 8.34. The second kappa shape index (κ2) is 6.00. The molecule has 0 aliphatic carbocycles. The molecule has 72 valence electrons. The minimum absolute atomic E-state index is 0.0248. The molecule has 0 aromatic heterocycles. The van der Waals surface area contributed by atoms with Crippen LogP contribution in [-0.2, 0) is 4.79 Å². The first-order valence-corrected chi connectivity index (χ1v) is 4.61. The van der Waals surface area contributed by atoms with Crippen molar-refractivity contribution in [3.8, 4) is 0 Å². The average molecular weight is 172 g/mol. The summed E-state index contributed by atoms with van der Waals surface area (Å²) >= 11 is 0. The Hall–Kier alpha value is -0.570. The van der Waals surface area contributed by atoms with Gasteiger partial charge in [-0.2, -0.15) is 0 Å². The van der Waals surface area contributed by atoms with Crippen LogP contribution in [0, 0.1) is 0 Å². The van der Waals surface area contributed by atoms with Gasteiger partial charge in [0.05, 0.1) is 0 Å². The third kappa shape index (κ3) is 4.34. The largest absolute Gasteiger partial charge is 0.346 e. The van der Waals surface area contributed by atoms with Gasteiger partial charge in [0.1, 0.15) is 0 Å². The first-order valence-electron chi connectivity index (χ1n) is 4.61. The van der Waals surface area contributed by atoms with E-state index in [1.807, 2.05) is 14.0 Å². The number of nitrogens with two attached hydrogens (primary N) is 1. The molecule has 0 bridgehead atoms. The summed E-state index contributed by atoms with van der Waals surface area (Å²) < 4.78 is 0. The van der Waals surface area contributed by atoms with Gasteiger partial charge in [-0.25, -0.2) is 0 Å². The van der Waals surface area contributed by atoms with E-state index in [0.717, 1.165) is 19.4 Å². The van der Waals surface area contributed by atoms with Gasteiger partial charge >= 0.3 is 0 Å². The fourth-order valence-corrected chi connectivity index (χ4v) is 0.985. The molecule has 0 saturated heterocycles. The number of hydrogen-bond acceptors (Lipinski definition) is 2. The van der Waals surface area contributed by atoms with E-state index >= 15 is 0 Å². The number of carbonyl (C=O) groups excluding carboxylic acids is 1. The molecule has 0 radical (unpaired) electrons. The van der Waals surface area contributed by atoms with Crippen molar-refractivity contribution in [3.63, 3.8) is 0 Å². The topological polar surface area (TPSA) is 46.3 Å². The number of carbonyl (C=O) groups is 1. The van der Waals surface area contributed by atoms with Crippen molar-refractivity contribution in [1.82, 2.24) is 4.90 Å². The van der Waals surface area contributed by atoms with Crippen molar-refractivity contribution < 1.29 is 4.79 Å². The molecule has 0 saturated carbocycles. The van der Waals surface area contributed by atoms with E-state index in [-0.39, 0.29) is 11.9 Å². The third-order valence-electron chi connectivity index (χ3n) is 1.95. The highest BCUT2D eigenvalue weighted by molar-refractivity contribution is 5.76. The lowest BCUT2D eigenvalue weighted by Crippen LogP contribution is -2.33. The number of amides is 1. The van der Waals surface area contributed by atoms with Gasteiger partial charge < -0.3 is 10.6 Å². The lowest BCUT2D eigenvalue weighted by molar-refractivity contribution is -0.130. The third-order valence-corrected chi connectivity index (χ3v) is 1.95. The lowest BCUT2D eigenvalue weighted by Gasteiger charge is -2.17. The predicted molar refractivity (Wildman–Crippen MR) is 50.8 cm³/mol. The van der Waals surface area contributed by atoms with E-state index in [9.17, 15) is 4.79 Å². The quantitative estimate of drug-likeness (QED) is 0.672. The van der Waals surface area contributed by atoms with Gasteiger partial charge in [-0.3, -0.25) is 4.79 Å². The van der Waals surface area contributed by atoms with Crippen LogP contribution in [-0.4, -0.2) is 30.4 Å². The van der Waals surface area contributed by atoms with Gasteiger partial charge in [0.25, 0.3) is 0 Å². The van der Waals surface area contributed by atoms with E-state index in [4.69, 9.17) is 5.73 Å². The average Bonchev–Trinajstić information content (AvgIpc) is 2.04. The first kappa shape index (κ1) is 11.4. The van der Waals surface area contributed by atoms with Crippen LogP contribution < -0.4 is 5.73 Å². The molecule has 1 atom stereocenters. The Balaban J connectivity index is 3.70. The Labute approximate surface area is 74.9 Å². The van der Waals surface area contributed by atoms with Crippen LogP contribution in [0.15, 0.2) is 0 Å². The molecule has 0 aliphatic rings. The van der Waals surface area contributed by atoms with E-state index < -0.39 is 0 Å². The molecular weight excluding hydrogens is 152 g/mol. The molecule has 3 nitrogen and oxygen atoms in total. The summed E-state index contributed by atoms with van der Waals surface area (Å²) in [5.41, 5.74) is 5.66. The molecule has 0 rings (SSSR count). The van der Waals surface area contributed by atoms with Gasteiger partial charge in [-0.05, 0) is 12.8 Å². The molecule has 0 heterocycles. The molecule has 0 spiro atoms. The molecule has 0 aliphatic heterocycles. The molecule has 1 unspecified atom stereocenters. The van der Waals surface area contributed by atoms with Gasteiger partial charge in [0.2, 0.25) is 5.91 Å². The first-order chi connectivity index (χ1) is 5.61. The Morgan fingerprint density at radius 3 is 2.50 bits per heavy atom. The van der Waals surface area contributed by atoms with Crippen molar-refractivity contribution >= 4 is 5.91 Å². The number of rotatable bonds is 5. The highest BCUT2D eigenvalue weighted by atomic mass is 16.2. The fraction of sp³-hybridized carbons (Fsp3) is 0.889. The standard InChI is InChI=1S/C9H20N2O/c1-4-6-11(3)9(12)7-8(10)5-2/h8H,4-7,10H2,1-3H3. The molecule has 0 aromatic carbocycles.